The number of nitrogens with zero attached hydrogens (tertiary/aromatic N) is 3. The van der Waals surface area contributed by atoms with Crippen molar-refractivity contribution in [2.45, 2.75) is 12.1 Å². The minimum absolute atomic E-state index is 0.0692. The Hall–Kier alpha value is -3.62. The number of thioether (sulfide) groups is 1. The number of carbonyl (C=O) groups excluding carboxylic acids is 2. The molecule has 172 valence electrons. The summed E-state index contributed by atoms with van der Waals surface area (Å²) in [5.74, 6) is -0.0233. The summed E-state index contributed by atoms with van der Waals surface area (Å²) in [4.78, 5) is 24.7. The second-order valence-electron chi connectivity index (χ2n) is 7.10. The van der Waals surface area contributed by atoms with Crippen LogP contribution in [0, 0.1) is 0 Å². The molecule has 0 bridgehead atoms. The molecule has 7 nitrogen and oxygen atoms in total. The van der Waals surface area contributed by atoms with Gasteiger partial charge in [0.05, 0.1) is 28.6 Å². The lowest BCUT2D eigenvalue weighted by molar-refractivity contribution is -0.113. The molecule has 0 saturated carbocycles. The zero-order valence-electron chi connectivity index (χ0n) is 18.3. The van der Waals surface area contributed by atoms with E-state index in [1.54, 1.807) is 19.1 Å². The zero-order chi connectivity index (χ0) is 23.9. The summed E-state index contributed by atoms with van der Waals surface area (Å²) in [6.45, 7) is 1.98. The number of aromatic nitrogens is 3. The Morgan fingerprint density at radius 3 is 2.41 bits per heavy atom. The predicted octanol–water partition coefficient (Wildman–Crippen LogP) is 5.50. The summed E-state index contributed by atoms with van der Waals surface area (Å²) in [7, 11) is 0. The van der Waals surface area contributed by atoms with Gasteiger partial charge < -0.3 is 10.1 Å². The SMILES string of the molecule is CCOC(=O)c1ccc(Cl)c(NC(=O)CSc2nnc(-c3ccccc3)n2-c2ccccc2)c1. The number of carbonyl (C=O) groups is 2. The third-order valence-electron chi connectivity index (χ3n) is 4.76. The largest absolute Gasteiger partial charge is 0.462 e. The number of esters is 1. The van der Waals surface area contributed by atoms with Crippen molar-refractivity contribution in [3.8, 4) is 17.1 Å². The Labute approximate surface area is 206 Å². The van der Waals surface area contributed by atoms with E-state index in [0.29, 0.717) is 27.3 Å². The molecule has 0 saturated heterocycles. The van der Waals surface area contributed by atoms with E-state index in [1.807, 2.05) is 65.2 Å². The predicted molar refractivity (Wildman–Crippen MR) is 134 cm³/mol. The number of benzene rings is 3. The van der Waals surface area contributed by atoms with Crippen molar-refractivity contribution in [1.82, 2.24) is 14.8 Å². The van der Waals surface area contributed by atoms with E-state index in [4.69, 9.17) is 16.3 Å². The van der Waals surface area contributed by atoms with Gasteiger partial charge in [0.25, 0.3) is 0 Å². The highest BCUT2D eigenvalue weighted by Gasteiger charge is 2.18. The van der Waals surface area contributed by atoms with E-state index in [-0.39, 0.29) is 18.3 Å². The number of rotatable bonds is 8. The Morgan fingerprint density at radius 2 is 1.71 bits per heavy atom. The van der Waals surface area contributed by atoms with Crippen molar-refractivity contribution in [2.24, 2.45) is 0 Å². The minimum atomic E-state index is -0.478. The van der Waals surface area contributed by atoms with E-state index in [2.05, 4.69) is 15.5 Å². The van der Waals surface area contributed by atoms with Gasteiger partial charge in [-0.05, 0) is 37.3 Å². The van der Waals surface area contributed by atoms with Gasteiger partial charge in [-0.3, -0.25) is 9.36 Å². The lowest BCUT2D eigenvalue weighted by atomic mass is 10.2. The second-order valence-corrected chi connectivity index (χ2v) is 8.44. The molecule has 1 heterocycles. The summed E-state index contributed by atoms with van der Waals surface area (Å²) in [5.41, 5.74) is 2.45. The molecule has 0 aliphatic heterocycles. The molecule has 1 N–H and O–H groups in total. The molecule has 1 amide bonds. The van der Waals surface area contributed by atoms with Gasteiger partial charge in [-0.2, -0.15) is 0 Å². The Morgan fingerprint density at radius 1 is 1.00 bits per heavy atom. The van der Waals surface area contributed by atoms with Crippen LogP contribution in [0.2, 0.25) is 5.02 Å². The van der Waals surface area contributed by atoms with Gasteiger partial charge in [-0.25, -0.2) is 4.79 Å². The zero-order valence-corrected chi connectivity index (χ0v) is 19.8. The number of hydrogen-bond donors (Lipinski definition) is 1. The molecular formula is C25H21ClN4O3S. The molecule has 0 unspecified atom stereocenters. The van der Waals surface area contributed by atoms with Crippen molar-refractivity contribution < 1.29 is 14.3 Å². The third kappa shape index (κ3) is 5.47. The molecule has 34 heavy (non-hydrogen) atoms. The molecule has 0 aliphatic carbocycles. The fourth-order valence-corrected chi connectivity index (χ4v) is 4.14. The summed E-state index contributed by atoms with van der Waals surface area (Å²) >= 11 is 7.47. The van der Waals surface area contributed by atoms with E-state index < -0.39 is 5.97 Å². The fraction of sp³-hybridized carbons (Fsp3) is 0.120. The van der Waals surface area contributed by atoms with Gasteiger partial charge in [-0.1, -0.05) is 71.9 Å². The number of halogens is 1. The van der Waals surface area contributed by atoms with Crippen LogP contribution in [-0.4, -0.2) is 39.0 Å². The van der Waals surface area contributed by atoms with Crippen LogP contribution in [0.5, 0.6) is 0 Å². The monoisotopic (exact) mass is 492 g/mol. The first-order chi connectivity index (χ1) is 16.6. The van der Waals surface area contributed by atoms with Crippen molar-refractivity contribution in [2.75, 3.05) is 17.7 Å². The number of anilines is 1. The molecule has 0 fully saturated rings. The fourth-order valence-electron chi connectivity index (χ4n) is 3.23. The molecule has 9 heteroatoms. The van der Waals surface area contributed by atoms with Gasteiger partial charge in [0.2, 0.25) is 5.91 Å². The molecule has 0 aliphatic rings. The summed E-state index contributed by atoms with van der Waals surface area (Å²) < 4.78 is 6.93. The van der Waals surface area contributed by atoms with Gasteiger partial charge in [-0.15, -0.1) is 10.2 Å². The Balaban J connectivity index is 1.53. The van der Waals surface area contributed by atoms with Crippen molar-refractivity contribution in [1.29, 1.82) is 0 Å². The number of nitrogens with one attached hydrogen (secondary N) is 1. The second kappa shape index (κ2) is 11.0. The standard InChI is InChI=1S/C25H21ClN4O3S/c1-2-33-24(32)18-13-14-20(26)21(15-18)27-22(31)16-34-25-29-28-23(17-9-5-3-6-10-17)30(25)19-11-7-4-8-12-19/h3-15H,2,16H2,1H3,(H,27,31). The highest BCUT2D eigenvalue weighted by Crippen LogP contribution is 2.28. The topological polar surface area (TPSA) is 86.1 Å². The first kappa shape index (κ1) is 23.5. The quantitative estimate of drug-likeness (QED) is 0.258. The average Bonchev–Trinajstić information content (AvgIpc) is 3.29. The van der Waals surface area contributed by atoms with Gasteiger partial charge in [0.15, 0.2) is 11.0 Å². The van der Waals surface area contributed by atoms with Crippen molar-refractivity contribution >= 4 is 40.9 Å². The van der Waals surface area contributed by atoms with E-state index in [0.717, 1.165) is 11.3 Å². The number of hydrogen-bond acceptors (Lipinski definition) is 6. The van der Waals surface area contributed by atoms with Crippen LogP contribution in [0.25, 0.3) is 17.1 Å². The molecule has 3 aromatic carbocycles. The van der Waals surface area contributed by atoms with Crippen LogP contribution in [-0.2, 0) is 9.53 Å². The van der Waals surface area contributed by atoms with Gasteiger partial charge >= 0.3 is 5.97 Å². The molecule has 0 spiro atoms. The Bertz CT molecular complexity index is 1300. The smallest absolute Gasteiger partial charge is 0.338 e. The van der Waals surface area contributed by atoms with Crippen molar-refractivity contribution in [3.63, 3.8) is 0 Å². The van der Waals surface area contributed by atoms with Crippen LogP contribution < -0.4 is 5.32 Å². The Kier molecular flexibility index (Phi) is 7.61. The van der Waals surface area contributed by atoms with E-state index >= 15 is 0 Å². The van der Waals surface area contributed by atoms with E-state index in [1.165, 1.54) is 17.8 Å². The number of para-hydroxylation sites is 1. The summed E-state index contributed by atoms with van der Waals surface area (Å²) in [6, 6.07) is 24.1. The first-order valence-electron chi connectivity index (χ1n) is 10.5. The van der Waals surface area contributed by atoms with Crippen molar-refractivity contribution in [3.05, 3.63) is 89.4 Å². The highest BCUT2D eigenvalue weighted by molar-refractivity contribution is 7.99. The number of amides is 1. The summed E-state index contributed by atoms with van der Waals surface area (Å²) in [6.07, 6.45) is 0. The normalized spacial score (nSPS) is 10.6. The molecule has 4 rings (SSSR count). The van der Waals surface area contributed by atoms with E-state index in [9.17, 15) is 9.59 Å². The highest BCUT2D eigenvalue weighted by atomic mass is 35.5. The molecule has 4 aromatic rings. The van der Waals surface area contributed by atoms with Crippen LogP contribution in [0.4, 0.5) is 5.69 Å². The van der Waals surface area contributed by atoms with Crippen LogP contribution in [0.15, 0.2) is 84.0 Å². The maximum Gasteiger partial charge on any atom is 0.338 e. The lowest BCUT2D eigenvalue weighted by Crippen LogP contribution is -2.15. The van der Waals surface area contributed by atoms with Crippen LogP contribution in [0.3, 0.4) is 0 Å². The third-order valence-corrected chi connectivity index (χ3v) is 6.02. The maximum absolute atomic E-state index is 12.7. The molecule has 1 aromatic heterocycles. The lowest BCUT2D eigenvalue weighted by Gasteiger charge is -2.11. The first-order valence-corrected chi connectivity index (χ1v) is 11.9. The van der Waals surface area contributed by atoms with Gasteiger partial charge in [0.1, 0.15) is 0 Å². The molecule has 0 atom stereocenters. The molecule has 0 radical (unpaired) electrons. The van der Waals surface area contributed by atoms with Crippen LogP contribution >= 0.6 is 23.4 Å². The minimum Gasteiger partial charge on any atom is -0.462 e. The van der Waals surface area contributed by atoms with Gasteiger partial charge in [0, 0.05) is 11.3 Å². The molecular weight excluding hydrogens is 472 g/mol. The average molecular weight is 493 g/mol. The summed E-state index contributed by atoms with van der Waals surface area (Å²) in [5, 5.41) is 12.4. The number of ether oxygens (including phenoxy) is 1. The maximum atomic E-state index is 12.7. The van der Waals surface area contributed by atoms with Crippen LogP contribution in [0.1, 0.15) is 17.3 Å².